The molecule has 1 rings (SSSR count). The number of rotatable bonds is 2. The first-order valence-electron chi connectivity index (χ1n) is 3.47. The van der Waals surface area contributed by atoms with Crippen LogP contribution in [-0.4, -0.2) is 24.0 Å². The zero-order chi connectivity index (χ0) is 9.19. The van der Waals surface area contributed by atoms with E-state index in [1.807, 2.05) is 0 Å². The van der Waals surface area contributed by atoms with Gasteiger partial charge in [-0.25, -0.2) is 4.79 Å². The second-order valence-electron chi connectivity index (χ2n) is 2.83. The molecule has 1 aliphatic rings. The summed E-state index contributed by atoms with van der Waals surface area (Å²) in [7, 11) is 0. The lowest BCUT2D eigenvalue weighted by molar-refractivity contribution is -0.167. The van der Waals surface area contributed by atoms with E-state index in [1.165, 1.54) is 0 Å². The topological polar surface area (TPSA) is 60.2 Å². The number of oxime groups is 2. The van der Waals surface area contributed by atoms with Crippen LogP contribution < -0.4 is 0 Å². The number of carbonyl (C=O) groups is 1. The summed E-state index contributed by atoms with van der Waals surface area (Å²) in [6.45, 7) is 6.41. The molecule has 0 aliphatic carbocycles. The molecular formula is C7H10N2O3. The number of hydrogen-bond donors (Lipinski definition) is 0. The fraction of sp³-hybridized carbons (Fsp3) is 0.571. The van der Waals surface area contributed by atoms with Gasteiger partial charge in [0.1, 0.15) is 0 Å². The van der Waals surface area contributed by atoms with Crippen molar-refractivity contribution >= 4 is 18.4 Å². The van der Waals surface area contributed by atoms with Crippen molar-refractivity contribution in [2.24, 2.45) is 10.3 Å². The molecule has 0 N–H and O–H groups in total. The SMILES string of the molecule is C=NOC(=O)C1(C)CC(C)=NO1. The van der Waals surface area contributed by atoms with E-state index in [0.717, 1.165) is 5.71 Å². The van der Waals surface area contributed by atoms with E-state index in [9.17, 15) is 4.79 Å². The molecule has 5 nitrogen and oxygen atoms in total. The third kappa shape index (κ3) is 1.44. The van der Waals surface area contributed by atoms with Crippen LogP contribution in [0.1, 0.15) is 20.3 Å². The molecule has 0 aromatic heterocycles. The van der Waals surface area contributed by atoms with Crippen molar-refractivity contribution in [3.05, 3.63) is 0 Å². The van der Waals surface area contributed by atoms with E-state index in [1.54, 1.807) is 13.8 Å². The highest BCUT2D eigenvalue weighted by molar-refractivity contribution is 5.91. The van der Waals surface area contributed by atoms with Crippen molar-refractivity contribution in [3.63, 3.8) is 0 Å². The van der Waals surface area contributed by atoms with E-state index in [2.05, 4.69) is 21.9 Å². The molecule has 0 saturated heterocycles. The molecule has 0 bridgehead atoms. The molecule has 1 atom stereocenters. The van der Waals surface area contributed by atoms with Gasteiger partial charge >= 0.3 is 5.97 Å². The maximum atomic E-state index is 11.2. The summed E-state index contributed by atoms with van der Waals surface area (Å²) < 4.78 is 0. The van der Waals surface area contributed by atoms with Gasteiger partial charge in [0.05, 0.1) is 5.71 Å². The van der Waals surface area contributed by atoms with Crippen LogP contribution >= 0.6 is 0 Å². The predicted molar refractivity (Wildman–Crippen MR) is 42.9 cm³/mol. The summed E-state index contributed by atoms with van der Waals surface area (Å²) in [6.07, 6.45) is 0.432. The second-order valence-corrected chi connectivity index (χ2v) is 2.83. The zero-order valence-electron chi connectivity index (χ0n) is 7.03. The molecule has 0 fully saturated rings. The van der Waals surface area contributed by atoms with Crippen LogP contribution in [0, 0.1) is 0 Å². The van der Waals surface area contributed by atoms with Crippen LogP contribution in [0.3, 0.4) is 0 Å². The Morgan fingerprint density at radius 2 is 2.58 bits per heavy atom. The third-order valence-electron chi connectivity index (χ3n) is 1.58. The summed E-state index contributed by atoms with van der Waals surface area (Å²) in [6, 6.07) is 0. The Morgan fingerprint density at radius 1 is 1.92 bits per heavy atom. The largest absolute Gasteiger partial charge is 0.381 e. The van der Waals surface area contributed by atoms with Crippen LogP contribution in [-0.2, 0) is 14.5 Å². The zero-order valence-corrected chi connectivity index (χ0v) is 7.03. The molecule has 1 aliphatic heterocycles. The summed E-state index contributed by atoms with van der Waals surface area (Å²) in [5.74, 6) is -0.571. The van der Waals surface area contributed by atoms with Crippen LogP contribution in [0.2, 0.25) is 0 Å². The molecular weight excluding hydrogens is 160 g/mol. The maximum Gasteiger partial charge on any atom is 0.381 e. The molecule has 0 aromatic rings. The summed E-state index contributed by atoms with van der Waals surface area (Å²) in [4.78, 5) is 20.4. The summed E-state index contributed by atoms with van der Waals surface area (Å²) in [5, 5.41) is 6.67. The van der Waals surface area contributed by atoms with Gasteiger partial charge in [0.2, 0.25) is 5.60 Å². The van der Waals surface area contributed by atoms with E-state index in [0.29, 0.717) is 6.42 Å². The number of nitrogens with zero attached hydrogens (tertiary/aromatic N) is 2. The first kappa shape index (κ1) is 8.70. The lowest BCUT2D eigenvalue weighted by Gasteiger charge is -2.16. The Hall–Kier alpha value is -1.39. The van der Waals surface area contributed by atoms with Gasteiger partial charge in [-0.15, -0.1) is 0 Å². The van der Waals surface area contributed by atoms with Gasteiger partial charge in [0.25, 0.3) is 0 Å². The van der Waals surface area contributed by atoms with Gasteiger partial charge in [-0.05, 0) is 13.8 Å². The van der Waals surface area contributed by atoms with Gasteiger partial charge in [0.15, 0.2) is 0 Å². The lowest BCUT2D eigenvalue weighted by Crippen LogP contribution is -2.36. The minimum atomic E-state index is -1.02. The van der Waals surface area contributed by atoms with Crippen LogP contribution in [0.5, 0.6) is 0 Å². The lowest BCUT2D eigenvalue weighted by atomic mass is 10.0. The number of hydrogen-bond acceptors (Lipinski definition) is 5. The standard InChI is InChI=1S/C7H10N2O3/c1-5-4-7(2,12-9-5)6(10)11-8-3/h3-4H2,1-2H3. The van der Waals surface area contributed by atoms with Gasteiger partial charge in [0, 0.05) is 13.1 Å². The van der Waals surface area contributed by atoms with E-state index < -0.39 is 11.6 Å². The predicted octanol–water partition coefficient (Wildman–Crippen LogP) is 0.700. The van der Waals surface area contributed by atoms with E-state index in [4.69, 9.17) is 4.84 Å². The van der Waals surface area contributed by atoms with Crippen molar-refractivity contribution in [3.8, 4) is 0 Å². The Morgan fingerprint density at radius 3 is 3.00 bits per heavy atom. The fourth-order valence-electron chi connectivity index (χ4n) is 0.996. The first-order valence-corrected chi connectivity index (χ1v) is 3.47. The molecule has 1 heterocycles. The summed E-state index contributed by atoms with van der Waals surface area (Å²) in [5.41, 5.74) is -0.260. The Labute approximate surface area is 70.0 Å². The quantitative estimate of drug-likeness (QED) is 0.348. The van der Waals surface area contributed by atoms with Crippen LogP contribution in [0.25, 0.3) is 0 Å². The van der Waals surface area contributed by atoms with Crippen molar-refractivity contribution in [2.45, 2.75) is 25.9 Å². The molecule has 12 heavy (non-hydrogen) atoms. The van der Waals surface area contributed by atoms with E-state index >= 15 is 0 Å². The third-order valence-corrected chi connectivity index (χ3v) is 1.58. The number of carbonyl (C=O) groups excluding carboxylic acids is 1. The maximum absolute atomic E-state index is 11.2. The molecule has 0 amide bonds. The smallest absolute Gasteiger partial charge is 0.377 e. The highest BCUT2D eigenvalue weighted by Crippen LogP contribution is 2.24. The Balaban J connectivity index is 2.63. The highest BCUT2D eigenvalue weighted by Gasteiger charge is 2.42. The van der Waals surface area contributed by atoms with Gasteiger partial charge < -0.3 is 9.68 Å². The summed E-state index contributed by atoms with van der Waals surface area (Å²) >= 11 is 0. The van der Waals surface area contributed by atoms with Crippen molar-refractivity contribution < 1.29 is 14.5 Å². The van der Waals surface area contributed by atoms with Crippen LogP contribution in [0.4, 0.5) is 0 Å². The molecule has 1 unspecified atom stereocenters. The average molecular weight is 170 g/mol. The van der Waals surface area contributed by atoms with Crippen LogP contribution in [0.15, 0.2) is 10.3 Å². The molecule has 0 spiro atoms. The molecule has 0 aromatic carbocycles. The molecule has 5 heteroatoms. The fourth-order valence-corrected chi connectivity index (χ4v) is 0.996. The van der Waals surface area contributed by atoms with Crippen molar-refractivity contribution in [1.29, 1.82) is 0 Å². The Bertz CT molecular complexity index is 249. The minimum Gasteiger partial charge on any atom is -0.377 e. The molecule has 0 radical (unpaired) electrons. The van der Waals surface area contributed by atoms with Gasteiger partial charge in [-0.1, -0.05) is 10.3 Å². The minimum absolute atomic E-state index is 0.432. The van der Waals surface area contributed by atoms with Gasteiger partial charge in [-0.2, -0.15) is 0 Å². The van der Waals surface area contributed by atoms with Crippen molar-refractivity contribution in [2.75, 3.05) is 0 Å². The monoisotopic (exact) mass is 170 g/mol. The Kier molecular flexibility index (Phi) is 2.12. The van der Waals surface area contributed by atoms with Gasteiger partial charge in [-0.3, -0.25) is 0 Å². The first-order chi connectivity index (χ1) is 5.58. The van der Waals surface area contributed by atoms with Crippen molar-refractivity contribution in [1.82, 2.24) is 0 Å². The average Bonchev–Trinajstić information content (AvgIpc) is 2.33. The van der Waals surface area contributed by atoms with E-state index in [-0.39, 0.29) is 0 Å². The normalized spacial score (nSPS) is 27.3. The highest BCUT2D eigenvalue weighted by atomic mass is 16.7. The molecule has 66 valence electrons. The second kappa shape index (κ2) is 2.92. The molecule has 0 saturated carbocycles.